The number of nitrogens with two attached hydrogens (primary N) is 1. The first-order chi connectivity index (χ1) is 7.17. The van der Waals surface area contributed by atoms with Gasteiger partial charge in [-0.1, -0.05) is 37.8 Å². The van der Waals surface area contributed by atoms with Gasteiger partial charge in [0.2, 0.25) is 0 Å². The summed E-state index contributed by atoms with van der Waals surface area (Å²) in [5.74, 6) is 7.33. The zero-order chi connectivity index (χ0) is 11.3. The fourth-order valence-corrected chi connectivity index (χ4v) is 2.63. The molecule has 2 nitrogen and oxygen atoms in total. The molecule has 0 bridgehead atoms. The van der Waals surface area contributed by atoms with E-state index in [-0.39, 0.29) is 0 Å². The molecule has 1 unspecified atom stereocenters. The van der Waals surface area contributed by atoms with Gasteiger partial charge in [0.05, 0.1) is 0 Å². The van der Waals surface area contributed by atoms with E-state index in [0.29, 0.717) is 6.04 Å². The van der Waals surface area contributed by atoms with Crippen molar-refractivity contribution in [2.24, 2.45) is 17.7 Å². The molecule has 1 rings (SSSR count). The lowest BCUT2D eigenvalue weighted by Gasteiger charge is -2.32. The van der Waals surface area contributed by atoms with E-state index in [2.05, 4.69) is 32.3 Å². The fraction of sp³-hybridized carbons (Fsp3) is 0.846. The average molecular weight is 210 g/mol. The van der Waals surface area contributed by atoms with Crippen molar-refractivity contribution < 1.29 is 0 Å². The minimum absolute atomic E-state index is 0.382. The summed E-state index contributed by atoms with van der Waals surface area (Å²) in [5.41, 5.74) is 4.32. The highest BCUT2D eigenvalue weighted by Crippen LogP contribution is 2.32. The Morgan fingerprint density at radius 1 is 1.33 bits per heavy atom. The Kier molecular flexibility index (Phi) is 5.34. The fourth-order valence-electron chi connectivity index (χ4n) is 2.63. The van der Waals surface area contributed by atoms with Crippen molar-refractivity contribution in [3.8, 4) is 0 Å². The van der Waals surface area contributed by atoms with Gasteiger partial charge >= 0.3 is 0 Å². The van der Waals surface area contributed by atoms with Gasteiger partial charge in [-0.3, -0.25) is 11.3 Å². The third kappa shape index (κ3) is 3.96. The van der Waals surface area contributed by atoms with Crippen molar-refractivity contribution in [2.75, 3.05) is 0 Å². The van der Waals surface area contributed by atoms with Gasteiger partial charge in [-0.25, -0.2) is 0 Å². The second-order valence-corrected chi connectivity index (χ2v) is 5.13. The summed E-state index contributed by atoms with van der Waals surface area (Å²) in [5, 5.41) is 0. The summed E-state index contributed by atoms with van der Waals surface area (Å²) in [6.45, 7) is 6.59. The first kappa shape index (κ1) is 12.7. The summed E-state index contributed by atoms with van der Waals surface area (Å²) in [4.78, 5) is 0. The Morgan fingerprint density at radius 2 is 1.93 bits per heavy atom. The summed E-state index contributed by atoms with van der Waals surface area (Å²) in [6.07, 6.45) is 9.05. The van der Waals surface area contributed by atoms with E-state index >= 15 is 0 Å². The molecule has 0 aromatic heterocycles. The molecule has 1 saturated carbocycles. The zero-order valence-electron chi connectivity index (χ0n) is 10.4. The van der Waals surface area contributed by atoms with Crippen molar-refractivity contribution in [1.82, 2.24) is 5.43 Å². The molecule has 0 aromatic rings. The van der Waals surface area contributed by atoms with Gasteiger partial charge in [-0.05, 0) is 38.5 Å². The number of rotatable bonds is 4. The van der Waals surface area contributed by atoms with Crippen molar-refractivity contribution in [3.05, 3.63) is 11.6 Å². The minimum Gasteiger partial charge on any atom is -0.271 e. The van der Waals surface area contributed by atoms with Crippen molar-refractivity contribution in [3.63, 3.8) is 0 Å². The molecule has 0 aliphatic heterocycles. The monoisotopic (exact) mass is 210 g/mol. The Balaban J connectivity index is 2.46. The molecule has 0 radical (unpaired) electrons. The Morgan fingerprint density at radius 3 is 2.33 bits per heavy atom. The summed E-state index contributed by atoms with van der Waals surface area (Å²) >= 11 is 0. The highest BCUT2D eigenvalue weighted by Gasteiger charge is 2.24. The average Bonchev–Trinajstić information content (AvgIpc) is 2.26. The van der Waals surface area contributed by atoms with E-state index in [9.17, 15) is 0 Å². The van der Waals surface area contributed by atoms with Crippen LogP contribution in [0.4, 0.5) is 0 Å². The second-order valence-electron chi connectivity index (χ2n) is 5.13. The summed E-state index contributed by atoms with van der Waals surface area (Å²) in [6, 6.07) is 0.382. The first-order valence-electron chi connectivity index (χ1n) is 6.28. The molecule has 0 amide bonds. The number of hydrazine groups is 1. The molecule has 0 saturated heterocycles. The molecule has 0 aromatic carbocycles. The van der Waals surface area contributed by atoms with E-state index in [1.165, 1.54) is 37.7 Å². The van der Waals surface area contributed by atoms with E-state index < -0.39 is 0 Å². The maximum atomic E-state index is 5.62. The maximum Gasteiger partial charge on any atom is 0.0421 e. The molecule has 2 heteroatoms. The van der Waals surface area contributed by atoms with Crippen LogP contribution in [-0.2, 0) is 0 Å². The molecule has 88 valence electrons. The van der Waals surface area contributed by atoms with Crippen LogP contribution >= 0.6 is 0 Å². The van der Waals surface area contributed by atoms with Crippen LogP contribution in [0, 0.1) is 11.8 Å². The lowest BCUT2D eigenvalue weighted by atomic mass is 9.77. The third-order valence-corrected chi connectivity index (χ3v) is 3.68. The van der Waals surface area contributed by atoms with Gasteiger partial charge in [0.25, 0.3) is 0 Å². The SMILES string of the molecule is CCC1CCC(C(C=C(C)C)NN)CC1. The van der Waals surface area contributed by atoms with Gasteiger partial charge < -0.3 is 0 Å². The van der Waals surface area contributed by atoms with E-state index in [1.807, 2.05) is 0 Å². The molecular weight excluding hydrogens is 184 g/mol. The standard InChI is InChI=1S/C13H26N2/c1-4-11-5-7-12(8-6-11)13(15-14)9-10(2)3/h9,11-13,15H,4-8,14H2,1-3H3. The summed E-state index contributed by atoms with van der Waals surface area (Å²) < 4.78 is 0. The highest BCUT2D eigenvalue weighted by molar-refractivity contribution is 5.03. The normalized spacial score (nSPS) is 28.5. The van der Waals surface area contributed by atoms with Crippen LogP contribution in [0.5, 0.6) is 0 Å². The Hall–Kier alpha value is -0.340. The zero-order valence-corrected chi connectivity index (χ0v) is 10.4. The topological polar surface area (TPSA) is 38.0 Å². The van der Waals surface area contributed by atoms with E-state index in [0.717, 1.165) is 11.8 Å². The molecule has 3 N–H and O–H groups in total. The number of allylic oxidation sites excluding steroid dienone is 1. The minimum atomic E-state index is 0.382. The van der Waals surface area contributed by atoms with Crippen LogP contribution in [0.3, 0.4) is 0 Å². The summed E-state index contributed by atoms with van der Waals surface area (Å²) in [7, 11) is 0. The van der Waals surface area contributed by atoms with Gasteiger partial charge in [-0.15, -0.1) is 0 Å². The largest absolute Gasteiger partial charge is 0.271 e. The van der Waals surface area contributed by atoms with Crippen molar-refractivity contribution >= 4 is 0 Å². The van der Waals surface area contributed by atoms with Crippen molar-refractivity contribution in [1.29, 1.82) is 0 Å². The predicted octanol–water partition coefficient (Wildman–Crippen LogP) is 3.00. The first-order valence-corrected chi connectivity index (χ1v) is 6.28. The van der Waals surface area contributed by atoms with E-state index in [1.54, 1.807) is 0 Å². The van der Waals surface area contributed by atoms with Crippen LogP contribution in [0.2, 0.25) is 0 Å². The van der Waals surface area contributed by atoms with Crippen LogP contribution in [0.15, 0.2) is 11.6 Å². The molecule has 15 heavy (non-hydrogen) atoms. The van der Waals surface area contributed by atoms with Gasteiger partial charge in [0.15, 0.2) is 0 Å². The molecule has 0 heterocycles. The van der Waals surface area contributed by atoms with E-state index in [4.69, 9.17) is 5.84 Å². The quantitative estimate of drug-likeness (QED) is 0.425. The Labute approximate surface area is 94.3 Å². The number of hydrogen-bond donors (Lipinski definition) is 2. The Bertz CT molecular complexity index is 199. The highest BCUT2D eigenvalue weighted by atomic mass is 15.2. The molecule has 0 spiro atoms. The molecule has 1 aliphatic carbocycles. The van der Waals surface area contributed by atoms with Gasteiger partial charge in [-0.2, -0.15) is 0 Å². The molecular formula is C13H26N2. The van der Waals surface area contributed by atoms with Crippen LogP contribution < -0.4 is 11.3 Å². The van der Waals surface area contributed by atoms with Gasteiger partial charge in [0, 0.05) is 6.04 Å². The maximum absolute atomic E-state index is 5.62. The molecule has 1 atom stereocenters. The smallest absolute Gasteiger partial charge is 0.0421 e. The lowest BCUT2D eigenvalue weighted by molar-refractivity contribution is 0.238. The number of nitrogens with one attached hydrogen (secondary N) is 1. The van der Waals surface area contributed by atoms with Crippen LogP contribution in [-0.4, -0.2) is 6.04 Å². The predicted molar refractivity (Wildman–Crippen MR) is 66.3 cm³/mol. The number of hydrogen-bond acceptors (Lipinski definition) is 2. The van der Waals surface area contributed by atoms with Gasteiger partial charge in [0.1, 0.15) is 0 Å². The van der Waals surface area contributed by atoms with Crippen LogP contribution in [0.25, 0.3) is 0 Å². The molecule has 1 fully saturated rings. The van der Waals surface area contributed by atoms with Crippen LogP contribution in [0.1, 0.15) is 52.9 Å². The molecule has 1 aliphatic rings. The third-order valence-electron chi connectivity index (χ3n) is 3.68. The van der Waals surface area contributed by atoms with Crippen molar-refractivity contribution in [2.45, 2.75) is 58.9 Å². The second kappa shape index (κ2) is 6.29. The lowest BCUT2D eigenvalue weighted by Crippen LogP contribution is -2.41.